The molecule has 1 rings (SSSR count). The maximum Gasteiger partial charge on any atom is 0.341 e. The van der Waals surface area contributed by atoms with Crippen molar-refractivity contribution in [2.45, 2.75) is 51.5 Å². The molecule has 3 amide bonds. The third kappa shape index (κ3) is 9.92. The molecule has 0 fully saturated rings. The number of unbranched alkanes of at least 4 members (excludes halogenated alkanes) is 2. The van der Waals surface area contributed by atoms with Gasteiger partial charge in [-0.1, -0.05) is 25.8 Å². The summed E-state index contributed by atoms with van der Waals surface area (Å²) in [4.78, 5) is 57.9. The summed E-state index contributed by atoms with van der Waals surface area (Å²) in [6.07, 6.45) is 2.00. The summed E-state index contributed by atoms with van der Waals surface area (Å²) in [7, 11) is 0. The minimum atomic E-state index is -1.23. The SMILES string of the molecule is CCCCCNC(=O)C(Cc1ccc(OCC(=O)O)c(C(N)=O)c1)NC(=O)CCC(=O)O. The average molecular weight is 451 g/mol. The second kappa shape index (κ2) is 13.6. The van der Waals surface area contributed by atoms with Crippen LogP contribution in [0.1, 0.15) is 54.9 Å². The smallest absolute Gasteiger partial charge is 0.341 e. The fourth-order valence-electron chi connectivity index (χ4n) is 2.80. The lowest BCUT2D eigenvalue weighted by Crippen LogP contribution is -2.48. The first-order valence-corrected chi connectivity index (χ1v) is 10.2. The van der Waals surface area contributed by atoms with E-state index in [-0.39, 0.29) is 30.6 Å². The van der Waals surface area contributed by atoms with Gasteiger partial charge in [0.2, 0.25) is 11.8 Å². The van der Waals surface area contributed by atoms with E-state index in [1.165, 1.54) is 18.2 Å². The zero-order chi connectivity index (χ0) is 24.1. The van der Waals surface area contributed by atoms with E-state index in [1.807, 2.05) is 6.92 Å². The van der Waals surface area contributed by atoms with Crippen LogP contribution in [0.2, 0.25) is 0 Å². The molecule has 6 N–H and O–H groups in total. The molecular formula is C21H29N3O8. The first kappa shape index (κ1) is 26.4. The van der Waals surface area contributed by atoms with Crippen LogP contribution in [0.4, 0.5) is 0 Å². The van der Waals surface area contributed by atoms with Crippen molar-refractivity contribution < 1.29 is 38.9 Å². The van der Waals surface area contributed by atoms with Crippen molar-refractivity contribution >= 4 is 29.7 Å². The Balaban J connectivity index is 3.00. The summed E-state index contributed by atoms with van der Waals surface area (Å²) in [5.74, 6) is -4.28. The molecule has 1 atom stereocenters. The van der Waals surface area contributed by atoms with Crippen molar-refractivity contribution in [1.29, 1.82) is 0 Å². The summed E-state index contributed by atoms with van der Waals surface area (Å²) in [5, 5.41) is 22.7. The largest absolute Gasteiger partial charge is 0.481 e. The molecule has 0 saturated heterocycles. The summed E-state index contributed by atoms with van der Waals surface area (Å²) in [6, 6.07) is 3.23. The first-order chi connectivity index (χ1) is 15.1. The number of primary amides is 1. The normalized spacial score (nSPS) is 11.3. The molecule has 1 aromatic carbocycles. The Morgan fingerprint density at radius 2 is 1.78 bits per heavy atom. The predicted molar refractivity (Wildman–Crippen MR) is 113 cm³/mol. The van der Waals surface area contributed by atoms with E-state index in [0.717, 1.165) is 19.3 Å². The minimum absolute atomic E-state index is 0.00207. The molecule has 176 valence electrons. The second-order valence-corrected chi connectivity index (χ2v) is 7.09. The van der Waals surface area contributed by atoms with E-state index >= 15 is 0 Å². The highest BCUT2D eigenvalue weighted by atomic mass is 16.5. The van der Waals surface area contributed by atoms with Gasteiger partial charge in [0.1, 0.15) is 11.8 Å². The molecule has 0 aliphatic carbocycles. The molecule has 1 aromatic rings. The van der Waals surface area contributed by atoms with Gasteiger partial charge in [-0.25, -0.2) is 4.79 Å². The van der Waals surface area contributed by atoms with Crippen molar-refractivity contribution in [1.82, 2.24) is 10.6 Å². The van der Waals surface area contributed by atoms with Crippen molar-refractivity contribution in [3.63, 3.8) is 0 Å². The third-order valence-electron chi connectivity index (χ3n) is 4.40. The number of amides is 3. The van der Waals surface area contributed by atoms with Gasteiger partial charge in [0, 0.05) is 19.4 Å². The minimum Gasteiger partial charge on any atom is -0.481 e. The highest BCUT2D eigenvalue weighted by molar-refractivity contribution is 5.96. The number of carbonyl (C=O) groups is 5. The quantitative estimate of drug-likeness (QED) is 0.238. The number of hydrogen-bond acceptors (Lipinski definition) is 6. The zero-order valence-corrected chi connectivity index (χ0v) is 17.9. The summed E-state index contributed by atoms with van der Waals surface area (Å²) >= 11 is 0. The fourth-order valence-corrected chi connectivity index (χ4v) is 2.80. The van der Waals surface area contributed by atoms with Gasteiger partial charge in [-0.15, -0.1) is 0 Å². The van der Waals surface area contributed by atoms with Crippen LogP contribution in [0.3, 0.4) is 0 Å². The number of rotatable bonds is 15. The van der Waals surface area contributed by atoms with E-state index in [0.29, 0.717) is 12.1 Å². The highest BCUT2D eigenvalue weighted by Gasteiger charge is 2.22. The van der Waals surface area contributed by atoms with Gasteiger partial charge in [-0.2, -0.15) is 0 Å². The number of aliphatic carboxylic acids is 2. The Labute approximate surface area is 185 Å². The number of carboxylic acid groups (broad SMARTS) is 2. The number of nitrogens with one attached hydrogen (secondary N) is 2. The maximum atomic E-state index is 12.6. The highest BCUT2D eigenvalue weighted by Crippen LogP contribution is 2.21. The van der Waals surface area contributed by atoms with E-state index < -0.39 is 42.3 Å². The molecule has 0 aromatic heterocycles. The lowest BCUT2D eigenvalue weighted by atomic mass is 10.0. The standard InChI is InChI=1S/C21H29N3O8/c1-2-3-4-9-23-21(31)15(24-17(25)7-8-18(26)27)11-13-5-6-16(32-12-19(28)29)14(10-13)20(22)30/h5-6,10,15H,2-4,7-9,11-12H2,1H3,(H2,22,30)(H,23,31)(H,24,25)(H,26,27)(H,28,29). The molecule has 0 saturated carbocycles. The Hall–Kier alpha value is -3.63. The van der Waals surface area contributed by atoms with Crippen LogP contribution in [0.15, 0.2) is 18.2 Å². The van der Waals surface area contributed by atoms with Gasteiger partial charge in [-0.3, -0.25) is 19.2 Å². The molecule has 0 radical (unpaired) electrons. The molecule has 0 heterocycles. The number of carboxylic acids is 2. The number of nitrogens with two attached hydrogens (primary N) is 1. The molecular weight excluding hydrogens is 422 g/mol. The van der Waals surface area contributed by atoms with Gasteiger partial charge in [0.25, 0.3) is 5.91 Å². The summed E-state index contributed by atoms with van der Waals surface area (Å²) < 4.78 is 5.06. The first-order valence-electron chi connectivity index (χ1n) is 10.2. The van der Waals surface area contributed by atoms with Crippen LogP contribution in [0, 0.1) is 0 Å². The predicted octanol–water partition coefficient (Wildman–Crippen LogP) is 0.447. The lowest BCUT2D eigenvalue weighted by molar-refractivity contribution is -0.139. The number of carbonyl (C=O) groups excluding carboxylic acids is 3. The Bertz CT molecular complexity index is 840. The van der Waals surface area contributed by atoms with Gasteiger partial charge in [0.05, 0.1) is 12.0 Å². The number of benzene rings is 1. The molecule has 0 aliphatic heterocycles. The van der Waals surface area contributed by atoms with Crippen LogP contribution >= 0.6 is 0 Å². The van der Waals surface area contributed by atoms with E-state index in [9.17, 15) is 24.0 Å². The monoisotopic (exact) mass is 451 g/mol. The molecule has 11 nitrogen and oxygen atoms in total. The Morgan fingerprint density at radius 1 is 1.06 bits per heavy atom. The van der Waals surface area contributed by atoms with Crippen molar-refractivity contribution in [3.8, 4) is 5.75 Å². The molecule has 0 aliphatic rings. The van der Waals surface area contributed by atoms with Gasteiger partial charge in [-0.05, 0) is 24.1 Å². The summed E-state index contributed by atoms with van der Waals surface area (Å²) in [6.45, 7) is 1.78. The summed E-state index contributed by atoms with van der Waals surface area (Å²) in [5.41, 5.74) is 5.75. The van der Waals surface area contributed by atoms with Crippen LogP contribution in [-0.4, -0.2) is 59.1 Å². The average Bonchev–Trinajstić information content (AvgIpc) is 2.73. The van der Waals surface area contributed by atoms with Crippen LogP contribution in [0.25, 0.3) is 0 Å². The van der Waals surface area contributed by atoms with Crippen molar-refractivity contribution in [3.05, 3.63) is 29.3 Å². The van der Waals surface area contributed by atoms with E-state index in [1.54, 1.807) is 0 Å². The van der Waals surface area contributed by atoms with E-state index in [4.69, 9.17) is 20.7 Å². The molecule has 11 heteroatoms. The number of ether oxygens (including phenoxy) is 1. The lowest BCUT2D eigenvalue weighted by Gasteiger charge is -2.19. The van der Waals surface area contributed by atoms with Crippen LogP contribution < -0.4 is 21.1 Å². The maximum absolute atomic E-state index is 12.6. The number of hydrogen-bond donors (Lipinski definition) is 5. The van der Waals surface area contributed by atoms with Crippen molar-refractivity contribution in [2.75, 3.05) is 13.2 Å². The zero-order valence-electron chi connectivity index (χ0n) is 17.9. The Kier molecular flexibility index (Phi) is 11.2. The Morgan fingerprint density at radius 3 is 2.38 bits per heavy atom. The molecule has 32 heavy (non-hydrogen) atoms. The van der Waals surface area contributed by atoms with Crippen molar-refractivity contribution in [2.24, 2.45) is 5.73 Å². The topological polar surface area (TPSA) is 185 Å². The van der Waals surface area contributed by atoms with Gasteiger partial charge in [0.15, 0.2) is 6.61 Å². The van der Waals surface area contributed by atoms with Gasteiger partial charge < -0.3 is 31.3 Å². The fraction of sp³-hybridized carbons (Fsp3) is 0.476. The van der Waals surface area contributed by atoms with Gasteiger partial charge >= 0.3 is 11.9 Å². The molecule has 0 bridgehead atoms. The van der Waals surface area contributed by atoms with E-state index in [2.05, 4.69) is 10.6 Å². The van der Waals surface area contributed by atoms with Crippen LogP contribution in [0.5, 0.6) is 5.75 Å². The molecule has 0 spiro atoms. The second-order valence-electron chi connectivity index (χ2n) is 7.09. The third-order valence-corrected chi connectivity index (χ3v) is 4.40. The molecule has 1 unspecified atom stereocenters. The van der Waals surface area contributed by atoms with Crippen LogP contribution in [-0.2, 0) is 25.6 Å².